The van der Waals surface area contributed by atoms with Gasteiger partial charge in [-0.2, -0.15) is 0 Å². The molecule has 0 heterocycles. The number of carboxylic acid groups (broad SMARTS) is 1. The maximum atomic E-state index is 12.0. The summed E-state index contributed by atoms with van der Waals surface area (Å²) in [6.07, 6.45) is 1.95. The standard InChI is InChI=1S/C20H27BrO5/c1-10(2)12-6-7-20(4,9-14(22)26-5)16(12)13-8-11(3)17(21)18(23)15(13)19(24)25/h8,10,12,16,23H,6-7,9H2,1-5H3,(H,24,25)/t12-,16-,20+/m1/s1. The number of hydrogen-bond acceptors (Lipinski definition) is 4. The second kappa shape index (κ2) is 7.59. The Labute approximate surface area is 162 Å². The van der Waals surface area contributed by atoms with Crippen molar-refractivity contribution in [2.24, 2.45) is 17.3 Å². The van der Waals surface area contributed by atoms with Crippen molar-refractivity contribution >= 4 is 27.9 Å². The van der Waals surface area contributed by atoms with E-state index >= 15 is 0 Å². The van der Waals surface area contributed by atoms with Gasteiger partial charge in [-0.1, -0.05) is 26.8 Å². The fraction of sp³-hybridized carbons (Fsp3) is 0.600. The SMILES string of the molecule is COC(=O)C[C@]1(C)CC[C@H](C(C)C)[C@@H]1c1cc(C)c(Br)c(O)c1C(=O)O. The zero-order chi connectivity index (χ0) is 19.8. The topological polar surface area (TPSA) is 83.8 Å². The first-order chi connectivity index (χ1) is 12.0. The number of rotatable bonds is 5. The van der Waals surface area contributed by atoms with Gasteiger partial charge in [-0.05, 0) is 70.0 Å². The molecule has 0 saturated heterocycles. The zero-order valence-corrected chi connectivity index (χ0v) is 17.5. The van der Waals surface area contributed by atoms with Crippen molar-refractivity contribution in [3.63, 3.8) is 0 Å². The Morgan fingerprint density at radius 2 is 2.04 bits per heavy atom. The van der Waals surface area contributed by atoms with E-state index in [1.54, 1.807) is 0 Å². The molecule has 0 unspecified atom stereocenters. The van der Waals surface area contributed by atoms with Gasteiger partial charge in [0, 0.05) is 0 Å². The highest BCUT2D eigenvalue weighted by Crippen LogP contribution is 2.58. The number of carboxylic acids is 1. The third-order valence-electron chi connectivity index (χ3n) is 5.86. The van der Waals surface area contributed by atoms with E-state index in [2.05, 4.69) is 29.8 Å². The van der Waals surface area contributed by atoms with E-state index in [4.69, 9.17) is 4.74 Å². The van der Waals surface area contributed by atoms with E-state index in [0.29, 0.717) is 16.0 Å². The van der Waals surface area contributed by atoms with E-state index in [1.165, 1.54) is 7.11 Å². The van der Waals surface area contributed by atoms with Gasteiger partial charge in [0.25, 0.3) is 0 Å². The average Bonchev–Trinajstić information content (AvgIpc) is 2.88. The Hall–Kier alpha value is -1.56. The number of aryl methyl sites for hydroxylation is 1. The van der Waals surface area contributed by atoms with Crippen molar-refractivity contribution in [2.45, 2.75) is 52.9 Å². The smallest absolute Gasteiger partial charge is 0.339 e. The van der Waals surface area contributed by atoms with Crippen LogP contribution in [0.5, 0.6) is 5.75 Å². The lowest BCUT2D eigenvalue weighted by Gasteiger charge is -2.36. The Balaban J connectivity index is 2.70. The summed E-state index contributed by atoms with van der Waals surface area (Å²) < 4.78 is 5.29. The molecule has 1 aromatic rings. The van der Waals surface area contributed by atoms with Gasteiger partial charge in [-0.25, -0.2) is 4.79 Å². The van der Waals surface area contributed by atoms with Crippen molar-refractivity contribution < 1.29 is 24.5 Å². The number of esters is 1. The van der Waals surface area contributed by atoms with Crippen molar-refractivity contribution in [3.8, 4) is 5.75 Å². The molecule has 0 spiro atoms. The molecule has 1 fully saturated rings. The number of aromatic carboxylic acids is 1. The van der Waals surface area contributed by atoms with Gasteiger partial charge in [0.1, 0.15) is 11.3 Å². The van der Waals surface area contributed by atoms with Gasteiger partial charge in [0.15, 0.2) is 0 Å². The maximum Gasteiger partial charge on any atom is 0.339 e. The second-order valence-electron chi connectivity index (χ2n) is 7.96. The summed E-state index contributed by atoms with van der Waals surface area (Å²) in [4.78, 5) is 24.0. The quantitative estimate of drug-likeness (QED) is 0.655. The summed E-state index contributed by atoms with van der Waals surface area (Å²) in [5.41, 5.74) is 0.894. The van der Waals surface area contributed by atoms with Crippen LogP contribution in [0.2, 0.25) is 0 Å². The number of methoxy groups -OCH3 is 1. The number of hydrogen-bond donors (Lipinski definition) is 2. The third kappa shape index (κ3) is 3.61. The maximum absolute atomic E-state index is 12.0. The Kier molecular flexibility index (Phi) is 6.06. The molecule has 0 amide bonds. The predicted octanol–water partition coefficient (Wildman–Crippen LogP) is 4.88. The van der Waals surface area contributed by atoms with Crippen LogP contribution in [0.25, 0.3) is 0 Å². The molecule has 0 radical (unpaired) electrons. The molecule has 2 rings (SSSR count). The first-order valence-corrected chi connectivity index (χ1v) is 9.64. The predicted molar refractivity (Wildman–Crippen MR) is 103 cm³/mol. The second-order valence-corrected chi connectivity index (χ2v) is 8.75. The number of phenols is 1. The lowest BCUT2D eigenvalue weighted by atomic mass is 9.67. The Morgan fingerprint density at radius 1 is 1.42 bits per heavy atom. The number of aromatic hydroxyl groups is 1. The van der Waals surface area contributed by atoms with Gasteiger partial charge in [-0.3, -0.25) is 4.79 Å². The molecule has 144 valence electrons. The van der Waals surface area contributed by atoms with Crippen LogP contribution in [0.3, 0.4) is 0 Å². The van der Waals surface area contributed by atoms with Gasteiger partial charge in [0.2, 0.25) is 0 Å². The first kappa shape index (κ1) is 20.7. The van der Waals surface area contributed by atoms with E-state index in [9.17, 15) is 19.8 Å². The van der Waals surface area contributed by atoms with E-state index in [-0.39, 0.29) is 35.5 Å². The Morgan fingerprint density at radius 3 is 2.54 bits per heavy atom. The van der Waals surface area contributed by atoms with Gasteiger partial charge >= 0.3 is 11.9 Å². The Bertz CT molecular complexity index is 727. The molecule has 0 bridgehead atoms. The van der Waals surface area contributed by atoms with Crippen LogP contribution in [-0.2, 0) is 9.53 Å². The summed E-state index contributed by atoms with van der Waals surface area (Å²) in [5.74, 6) is -1.30. The third-order valence-corrected chi connectivity index (χ3v) is 6.86. The summed E-state index contributed by atoms with van der Waals surface area (Å²) in [6.45, 7) is 8.09. The lowest BCUT2D eigenvalue weighted by Crippen LogP contribution is -2.30. The molecule has 1 aliphatic carbocycles. The highest BCUT2D eigenvalue weighted by atomic mass is 79.9. The summed E-state index contributed by atoms with van der Waals surface area (Å²) in [6, 6.07) is 1.84. The van der Waals surface area contributed by atoms with E-state index in [1.807, 2.05) is 19.9 Å². The van der Waals surface area contributed by atoms with Crippen LogP contribution in [0.1, 0.15) is 67.4 Å². The molecule has 3 atom stereocenters. The molecule has 1 saturated carbocycles. The molecule has 5 nitrogen and oxygen atoms in total. The molecule has 6 heteroatoms. The van der Waals surface area contributed by atoms with Crippen LogP contribution in [0.15, 0.2) is 10.5 Å². The number of ether oxygens (including phenoxy) is 1. The number of halogens is 1. The van der Waals surface area contributed by atoms with Crippen LogP contribution >= 0.6 is 15.9 Å². The molecule has 1 aliphatic rings. The van der Waals surface area contributed by atoms with Crippen molar-refractivity contribution in [3.05, 3.63) is 27.2 Å². The molecule has 0 aliphatic heterocycles. The van der Waals surface area contributed by atoms with Crippen LogP contribution < -0.4 is 0 Å². The lowest BCUT2D eigenvalue weighted by molar-refractivity contribution is -0.143. The molecule has 0 aromatic heterocycles. The summed E-state index contributed by atoms with van der Waals surface area (Å²) in [7, 11) is 1.37. The van der Waals surface area contributed by atoms with Crippen LogP contribution in [0.4, 0.5) is 0 Å². The molecule has 1 aromatic carbocycles. The molecular formula is C20H27BrO5. The minimum atomic E-state index is -1.16. The number of carbonyl (C=O) groups is 2. The molecule has 2 N–H and O–H groups in total. The first-order valence-electron chi connectivity index (χ1n) is 8.85. The monoisotopic (exact) mass is 426 g/mol. The fourth-order valence-corrected chi connectivity index (χ4v) is 4.84. The highest BCUT2D eigenvalue weighted by Gasteiger charge is 2.49. The minimum Gasteiger partial charge on any atom is -0.506 e. The van der Waals surface area contributed by atoms with Gasteiger partial charge < -0.3 is 14.9 Å². The largest absolute Gasteiger partial charge is 0.506 e. The number of benzene rings is 1. The van der Waals surface area contributed by atoms with Crippen molar-refractivity contribution in [1.82, 2.24) is 0 Å². The highest BCUT2D eigenvalue weighted by molar-refractivity contribution is 9.10. The molecule has 26 heavy (non-hydrogen) atoms. The van der Waals surface area contributed by atoms with Crippen molar-refractivity contribution in [1.29, 1.82) is 0 Å². The van der Waals surface area contributed by atoms with E-state index in [0.717, 1.165) is 18.4 Å². The van der Waals surface area contributed by atoms with Crippen LogP contribution in [0, 0.1) is 24.2 Å². The van der Waals surface area contributed by atoms with Crippen LogP contribution in [-0.4, -0.2) is 29.3 Å². The van der Waals surface area contributed by atoms with Gasteiger partial charge in [-0.15, -0.1) is 0 Å². The number of carbonyl (C=O) groups excluding carboxylic acids is 1. The summed E-state index contributed by atoms with van der Waals surface area (Å²) in [5, 5.41) is 20.3. The summed E-state index contributed by atoms with van der Waals surface area (Å²) >= 11 is 3.28. The van der Waals surface area contributed by atoms with Crippen molar-refractivity contribution in [2.75, 3.05) is 7.11 Å². The average molecular weight is 427 g/mol. The van der Waals surface area contributed by atoms with E-state index < -0.39 is 11.4 Å². The zero-order valence-electron chi connectivity index (χ0n) is 15.9. The fourth-order valence-electron chi connectivity index (χ4n) is 4.53. The normalized spacial score (nSPS) is 25.5. The van der Waals surface area contributed by atoms with Gasteiger partial charge in [0.05, 0.1) is 18.0 Å². The minimum absolute atomic E-state index is 0.0730. The molecular weight excluding hydrogens is 400 g/mol.